The maximum absolute atomic E-state index is 9.35. The second-order valence-corrected chi connectivity index (χ2v) is 6.32. The van der Waals surface area contributed by atoms with Crippen LogP contribution in [0.2, 0.25) is 0 Å². The first kappa shape index (κ1) is 15.7. The van der Waals surface area contributed by atoms with E-state index in [9.17, 15) is 5.11 Å². The lowest BCUT2D eigenvalue weighted by molar-refractivity contribution is 0.183. The van der Waals surface area contributed by atoms with E-state index in [0.717, 1.165) is 5.92 Å². The maximum atomic E-state index is 9.35. The Morgan fingerprint density at radius 1 is 0.950 bits per heavy atom. The SMILES string of the molecule is Cl.Oc1ccc(C2CCN(CC3CCCC3)CC2)cc1. The summed E-state index contributed by atoms with van der Waals surface area (Å²) in [5.41, 5.74) is 1.40. The van der Waals surface area contributed by atoms with Gasteiger partial charge in [-0.05, 0) is 68.3 Å². The van der Waals surface area contributed by atoms with Crippen molar-refractivity contribution < 1.29 is 5.11 Å². The normalized spacial score (nSPS) is 21.8. The molecule has 3 heteroatoms. The molecule has 2 fully saturated rings. The van der Waals surface area contributed by atoms with E-state index in [1.54, 1.807) is 0 Å². The smallest absolute Gasteiger partial charge is 0.115 e. The number of phenols is 1. The molecule has 0 atom stereocenters. The molecule has 1 aliphatic heterocycles. The lowest BCUT2D eigenvalue weighted by Gasteiger charge is -2.33. The number of benzene rings is 1. The van der Waals surface area contributed by atoms with Crippen molar-refractivity contribution in [2.75, 3.05) is 19.6 Å². The number of likely N-dealkylation sites (tertiary alicyclic amines) is 1. The van der Waals surface area contributed by atoms with Gasteiger partial charge >= 0.3 is 0 Å². The van der Waals surface area contributed by atoms with Crippen LogP contribution in [-0.4, -0.2) is 29.6 Å². The largest absolute Gasteiger partial charge is 0.508 e. The second kappa shape index (κ2) is 7.33. The van der Waals surface area contributed by atoms with Gasteiger partial charge < -0.3 is 10.0 Å². The molecule has 2 nitrogen and oxygen atoms in total. The predicted octanol–water partition coefficient (Wildman–Crippen LogP) is 4.18. The summed E-state index contributed by atoms with van der Waals surface area (Å²) in [5.74, 6) is 2.05. The van der Waals surface area contributed by atoms with Gasteiger partial charge in [-0.2, -0.15) is 0 Å². The van der Waals surface area contributed by atoms with Crippen LogP contribution in [-0.2, 0) is 0 Å². The van der Waals surface area contributed by atoms with Gasteiger partial charge in [0.2, 0.25) is 0 Å². The highest BCUT2D eigenvalue weighted by atomic mass is 35.5. The van der Waals surface area contributed by atoms with Crippen LogP contribution < -0.4 is 0 Å². The Bertz CT molecular complexity index is 392. The zero-order chi connectivity index (χ0) is 13.1. The fraction of sp³-hybridized carbons (Fsp3) is 0.647. The Morgan fingerprint density at radius 3 is 2.15 bits per heavy atom. The summed E-state index contributed by atoms with van der Waals surface area (Å²) in [6.45, 7) is 3.84. The van der Waals surface area contributed by atoms with Crippen molar-refractivity contribution in [3.05, 3.63) is 29.8 Å². The van der Waals surface area contributed by atoms with Gasteiger partial charge in [-0.1, -0.05) is 25.0 Å². The van der Waals surface area contributed by atoms with Crippen LogP contribution >= 0.6 is 12.4 Å². The van der Waals surface area contributed by atoms with Crippen LogP contribution in [0.25, 0.3) is 0 Å². The Morgan fingerprint density at radius 2 is 1.55 bits per heavy atom. The molecule has 1 N–H and O–H groups in total. The first-order chi connectivity index (χ1) is 9.31. The third kappa shape index (κ3) is 3.89. The standard InChI is InChI=1S/C17H25NO.ClH/c19-17-7-5-15(6-8-17)16-9-11-18(12-10-16)13-14-3-1-2-4-14;/h5-8,14,16,19H,1-4,9-13H2;1H. The number of aromatic hydroxyl groups is 1. The molecule has 0 unspecified atom stereocenters. The van der Waals surface area contributed by atoms with Crippen molar-refractivity contribution in [2.45, 2.75) is 44.4 Å². The average molecular weight is 296 g/mol. The van der Waals surface area contributed by atoms with Gasteiger partial charge in [0.1, 0.15) is 5.75 Å². The number of halogens is 1. The molecule has 0 spiro atoms. The molecule has 1 aromatic rings. The molecule has 2 aliphatic rings. The minimum atomic E-state index is 0. The van der Waals surface area contributed by atoms with E-state index in [2.05, 4.69) is 17.0 Å². The quantitative estimate of drug-likeness (QED) is 0.904. The summed E-state index contributed by atoms with van der Waals surface area (Å²) < 4.78 is 0. The Hall–Kier alpha value is -0.730. The van der Waals surface area contributed by atoms with Crippen LogP contribution in [0.3, 0.4) is 0 Å². The van der Waals surface area contributed by atoms with Crippen LogP contribution in [0.4, 0.5) is 0 Å². The fourth-order valence-electron chi connectivity index (χ4n) is 3.75. The fourth-order valence-corrected chi connectivity index (χ4v) is 3.75. The first-order valence-electron chi connectivity index (χ1n) is 7.82. The molecule has 1 heterocycles. The van der Waals surface area contributed by atoms with Crippen molar-refractivity contribution in [1.29, 1.82) is 0 Å². The first-order valence-corrected chi connectivity index (χ1v) is 7.82. The highest BCUT2D eigenvalue weighted by Crippen LogP contribution is 2.31. The van der Waals surface area contributed by atoms with Crippen molar-refractivity contribution in [3.63, 3.8) is 0 Å². The van der Waals surface area contributed by atoms with Crippen LogP contribution in [0.15, 0.2) is 24.3 Å². The van der Waals surface area contributed by atoms with E-state index in [4.69, 9.17) is 0 Å². The Balaban J connectivity index is 0.00000147. The minimum Gasteiger partial charge on any atom is -0.508 e. The van der Waals surface area contributed by atoms with Crippen molar-refractivity contribution in [1.82, 2.24) is 4.90 Å². The molecule has 0 bridgehead atoms. The molecule has 1 saturated heterocycles. The van der Waals surface area contributed by atoms with E-state index in [1.807, 2.05) is 12.1 Å². The topological polar surface area (TPSA) is 23.5 Å². The van der Waals surface area contributed by atoms with E-state index in [1.165, 1.54) is 63.7 Å². The van der Waals surface area contributed by atoms with E-state index < -0.39 is 0 Å². The van der Waals surface area contributed by atoms with Gasteiger partial charge in [0.05, 0.1) is 0 Å². The molecule has 1 saturated carbocycles. The van der Waals surface area contributed by atoms with Gasteiger partial charge in [-0.3, -0.25) is 0 Å². The molecular weight excluding hydrogens is 270 g/mol. The van der Waals surface area contributed by atoms with Gasteiger partial charge in [0.15, 0.2) is 0 Å². The number of nitrogens with zero attached hydrogens (tertiary/aromatic N) is 1. The number of hydrogen-bond acceptors (Lipinski definition) is 2. The number of hydrogen-bond donors (Lipinski definition) is 1. The molecular formula is C17H26ClNO. The van der Waals surface area contributed by atoms with Crippen LogP contribution in [0.5, 0.6) is 5.75 Å². The Kier molecular flexibility index (Phi) is 5.74. The third-order valence-corrected chi connectivity index (χ3v) is 4.94. The molecule has 1 aliphatic carbocycles. The highest BCUT2D eigenvalue weighted by molar-refractivity contribution is 5.85. The van der Waals surface area contributed by atoms with E-state index in [-0.39, 0.29) is 12.4 Å². The summed E-state index contributed by atoms with van der Waals surface area (Å²) in [6.07, 6.45) is 8.37. The maximum Gasteiger partial charge on any atom is 0.115 e. The van der Waals surface area contributed by atoms with Crippen molar-refractivity contribution in [3.8, 4) is 5.75 Å². The lowest BCUT2D eigenvalue weighted by atomic mass is 9.89. The minimum absolute atomic E-state index is 0. The number of piperidine rings is 1. The van der Waals surface area contributed by atoms with Crippen molar-refractivity contribution in [2.24, 2.45) is 5.92 Å². The van der Waals surface area contributed by atoms with Crippen molar-refractivity contribution >= 4 is 12.4 Å². The van der Waals surface area contributed by atoms with Gasteiger partial charge in [0, 0.05) is 6.54 Å². The molecule has 3 rings (SSSR count). The van der Waals surface area contributed by atoms with Gasteiger partial charge in [-0.15, -0.1) is 12.4 Å². The second-order valence-electron chi connectivity index (χ2n) is 6.32. The monoisotopic (exact) mass is 295 g/mol. The van der Waals surface area contributed by atoms with E-state index in [0.29, 0.717) is 11.7 Å². The lowest BCUT2D eigenvalue weighted by Crippen LogP contribution is -2.36. The molecule has 112 valence electrons. The predicted molar refractivity (Wildman–Crippen MR) is 85.7 cm³/mol. The summed E-state index contributed by atoms with van der Waals surface area (Å²) in [7, 11) is 0. The summed E-state index contributed by atoms with van der Waals surface area (Å²) in [5, 5.41) is 9.35. The summed E-state index contributed by atoms with van der Waals surface area (Å²) >= 11 is 0. The summed E-state index contributed by atoms with van der Waals surface area (Å²) in [4.78, 5) is 2.67. The zero-order valence-corrected chi connectivity index (χ0v) is 12.9. The third-order valence-electron chi connectivity index (χ3n) is 4.94. The molecule has 0 aromatic heterocycles. The van der Waals surface area contributed by atoms with E-state index >= 15 is 0 Å². The van der Waals surface area contributed by atoms with Crippen LogP contribution in [0, 0.1) is 5.92 Å². The molecule has 0 radical (unpaired) electrons. The summed E-state index contributed by atoms with van der Waals surface area (Å²) in [6, 6.07) is 7.82. The van der Waals surface area contributed by atoms with Gasteiger partial charge in [0.25, 0.3) is 0 Å². The molecule has 0 amide bonds. The zero-order valence-electron chi connectivity index (χ0n) is 12.1. The van der Waals surface area contributed by atoms with Crippen LogP contribution in [0.1, 0.15) is 50.0 Å². The molecule has 20 heavy (non-hydrogen) atoms. The molecule has 1 aromatic carbocycles. The van der Waals surface area contributed by atoms with Gasteiger partial charge in [-0.25, -0.2) is 0 Å². The average Bonchev–Trinajstić information content (AvgIpc) is 2.94. The Labute approximate surface area is 128 Å². The number of phenolic OH excluding ortho intramolecular Hbond substituents is 1. The highest BCUT2D eigenvalue weighted by Gasteiger charge is 2.24. The number of rotatable bonds is 3.